The molecule has 0 bridgehead atoms. The Morgan fingerprint density at radius 1 is 1.16 bits per heavy atom. The van der Waals surface area contributed by atoms with Crippen molar-refractivity contribution in [1.29, 1.82) is 0 Å². The molecule has 5 N–H and O–H groups in total. The van der Waals surface area contributed by atoms with E-state index < -0.39 is 29.6 Å². The molecule has 0 aliphatic heterocycles. The van der Waals surface area contributed by atoms with E-state index in [4.69, 9.17) is 14.6 Å². The smallest absolute Gasteiger partial charge is 0.340 e. The Morgan fingerprint density at radius 3 is 2.58 bits per heavy atom. The Hall–Kier alpha value is -3.82. The number of aliphatic carboxylic acids is 1. The lowest BCUT2D eigenvalue weighted by molar-refractivity contribution is -0.141. The highest BCUT2D eigenvalue weighted by molar-refractivity contribution is 5.96. The molecule has 2 heterocycles. The van der Waals surface area contributed by atoms with E-state index >= 15 is 0 Å². The van der Waals surface area contributed by atoms with E-state index in [1.807, 2.05) is 13.0 Å². The van der Waals surface area contributed by atoms with Gasteiger partial charge in [0.05, 0.1) is 18.2 Å². The molecule has 1 atom stereocenters. The number of nitrogens with one attached hydrogen (secondary N) is 2. The van der Waals surface area contributed by atoms with E-state index in [1.54, 1.807) is 19.3 Å². The van der Waals surface area contributed by atoms with Crippen LogP contribution in [0, 0.1) is 13.8 Å². The molecule has 0 aliphatic rings. The molecule has 0 spiro atoms. The summed E-state index contributed by atoms with van der Waals surface area (Å²) in [4.78, 5) is 47.1. The predicted molar refractivity (Wildman–Crippen MR) is 112 cm³/mol. The van der Waals surface area contributed by atoms with Gasteiger partial charge < -0.3 is 30.3 Å². The van der Waals surface area contributed by atoms with Crippen LogP contribution < -0.4 is 22.0 Å². The predicted octanol–water partition coefficient (Wildman–Crippen LogP) is 1.72. The number of carbonyl (C=O) groups excluding carboxylic acids is 2. The van der Waals surface area contributed by atoms with Crippen LogP contribution in [0.25, 0.3) is 21.9 Å². The van der Waals surface area contributed by atoms with Crippen molar-refractivity contribution in [2.24, 2.45) is 5.73 Å². The first-order valence-corrected chi connectivity index (χ1v) is 9.67. The van der Waals surface area contributed by atoms with Gasteiger partial charge in [0.1, 0.15) is 17.2 Å². The minimum absolute atomic E-state index is 0.0877. The van der Waals surface area contributed by atoms with E-state index in [2.05, 4.69) is 10.6 Å². The highest BCUT2D eigenvalue weighted by atomic mass is 16.4. The Balaban J connectivity index is 1.79. The third-order valence-electron chi connectivity index (χ3n) is 5.11. The van der Waals surface area contributed by atoms with Crippen LogP contribution in [-0.4, -0.2) is 35.6 Å². The number of rotatable bonds is 8. The van der Waals surface area contributed by atoms with E-state index in [9.17, 15) is 24.3 Å². The zero-order chi connectivity index (χ0) is 22.7. The topological polar surface area (TPSA) is 165 Å². The van der Waals surface area contributed by atoms with Gasteiger partial charge >= 0.3 is 17.6 Å². The first kappa shape index (κ1) is 21.9. The summed E-state index contributed by atoms with van der Waals surface area (Å²) in [6.07, 6.45) is 1.67. The number of furan rings is 1. The fraction of sp³-hybridized carbons (Fsp3) is 0.333. The molecule has 3 rings (SSSR count). The zero-order valence-electron chi connectivity index (χ0n) is 17.1. The number of urea groups is 1. The van der Waals surface area contributed by atoms with Gasteiger partial charge in [0, 0.05) is 23.4 Å². The molecule has 164 valence electrons. The van der Waals surface area contributed by atoms with E-state index in [0.29, 0.717) is 28.5 Å². The van der Waals surface area contributed by atoms with Crippen molar-refractivity contribution in [1.82, 2.24) is 10.6 Å². The maximum Gasteiger partial charge on any atom is 0.340 e. The zero-order valence-corrected chi connectivity index (χ0v) is 17.1. The van der Waals surface area contributed by atoms with Gasteiger partial charge in [-0.3, -0.25) is 4.79 Å². The molecule has 10 nitrogen and oxygen atoms in total. The van der Waals surface area contributed by atoms with E-state index in [1.165, 1.54) is 0 Å². The Morgan fingerprint density at radius 2 is 1.90 bits per heavy atom. The molecule has 3 amide bonds. The van der Waals surface area contributed by atoms with E-state index in [0.717, 1.165) is 10.9 Å². The van der Waals surface area contributed by atoms with Gasteiger partial charge in [-0.15, -0.1) is 0 Å². The van der Waals surface area contributed by atoms with Crippen molar-refractivity contribution in [3.63, 3.8) is 0 Å². The summed E-state index contributed by atoms with van der Waals surface area (Å²) < 4.78 is 10.8. The van der Waals surface area contributed by atoms with Gasteiger partial charge in [0.15, 0.2) is 0 Å². The molecule has 0 unspecified atom stereocenters. The monoisotopic (exact) mass is 429 g/mol. The van der Waals surface area contributed by atoms with Crippen molar-refractivity contribution in [3.05, 3.63) is 45.5 Å². The summed E-state index contributed by atoms with van der Waals surface area (Å²) in [7, 11) is 0. The van der Waals surface area contributed by atoms with Crippen molar-refractivity contribution in [2.45, 2.75) is 39.2 Å². The van der Waals surface area contributed by atoms with Crippen LogP contribution in [0.2, 0.25) is 0 Å². The van der Waals surface area contributed by atoms with Gasteiger partial charge in [0.25, 0.3) is 0 Å². The van der Waals surface area contributed by atoms with Gasteiger partial charge in [-0.05, 0) is 43.9 Å². The van der Waals surface area contributed by atoms with Crippen LogP contribution in [0.3, 0.4) is 0 Å². The molecule has 0 radical (unpaired) electrons. The number of hydrogen-bond donors (Lipinski definition) is 4. The summed E-state index contributed by atoms with van der Waals surface area (Å²) in [5.41, 5.74) is 6.90. The lowest BCUT2D eigenvalue weighted by Gasteiger charge is -2.15. The molecule has 0 fully saturated rings. The lowest BCUT2D eigenvalue weighted by Crippen LogP contribution is -2.42. The lowest BCUT2D eigenvalue weighted by atomic mass is 10.0. The summed E-state index contributed by atoms with van der Waals surface area (Å²) >= 11 is 0. The SMILES string of the molecule is Cc1coc2cc3oc(=O)c(CC(=O)N[C@@H](CCCNC(N)=O)C(=O)O)c(C)c3cc12. The van der Waals surface area contributed by atoms with Gasteiger partial charge in [-0.2, -0.15) is 0 Å². The second-order valence-corrected chi connectivity index (χ2v) is 7.32. The molecule has 0 aliphatic carbocycles. The minimum Gasteiger partial charge on any atom is -0.480 e. The number of carbonyl (C=O) groups is 3. The summed E-state index contributed by atoms with van der Waals surface area (Å²) in [5.74, 6) is -1.84. The van der Waals surface area contributed by atoms with Crippen molar-refractivity contribution < 1.29 is 28.3 Å². The van der Waals surface area contributed by atoms with Gasteiger partial charge in [0.2, 0.25) is 5.91 Å². The molecule has 0 saturated carbocycles. The highest BCUT2D eigenvalue weighted by Gasteiger charge is 2.22. The van der Waals surface area contributed by atoms with Crippen molar-refractivity contribution >= 4 is 39.8 Å². The molecular weight excluding hydrogens is 406 g/mol. The number of hydrogen-bond acceptors (Lipinski definition) is 6. The standard InChI is InChI=1S/C21H23N3O7/c1-10-9-30-16-8-17-13(6-12(10)16)11(2)14(20(28)31-17)7-18(25)24-15(19(26)27)4-3-5-23-21(22)29/h6,8-9,15H,3-5,7H2,1-2H3,(H,24,25)(H,26,27)(H3,22,23,29)/t15-/m0/s1. The molecule has 31 heavy (non-hydrogen) atoms. The maximum absolute atomic E-state index is 12.5. The second-order valence-electron chi connectivity index (χ2n) is 7.32. The highest BCUT2D eigenvalue weighted by Crippen LogP contribution is 2.28. The van der Waals surface area contributed by atoms with Crippen molar-refractivity contribution in [2.75, 3.05) is 6.54 Å². The van der Waals surface area contributed by atoms with Crippen LogP contribution in [0.15, 0.2) is 32.0 Å². The molecule has 1 aromatic carbocycles. The van der Waals surface area contributed by atoms with Crippen LogP contribution >= 0.6 is 0 Å². The Bertz CT molecular complexity index is 1230. The third-order valence-corrected chi connectivity index (χ3v) is 5.11. The number of aryl methyl sites for hydroxylation is 2. The average molecular weight is 429 g/mol. The Kier molecular flexibility index (Phi) is 6.28. The molecule has 2 aromatic heterocycles. The molecular formula is C21H23N3O7. The molecule has 10 heteroatoms. The van der Waals surface area contributed by atoms with Crippen LogP contribution in [0.4, 0.5) is 4.79 Å². The Labute approximate surface area is 176 Å². The van der Waals surface area contributed by atoms with Gasteiger partial charge in [-0.1, -0.05) is 0 Å². The van der Waals surface area contributed by atoms with Gasteiger partial charge in [-0.25, -0.2) is 14.4 Å². The number of primary amides is 1. The first-order chi connectivity index (χ1) is 14.7. The quantitative estimate of drug-likeness (QED) is 0.312. The first-order valence-electron chi connectivity index (χ1n) is 9.67. The normalized spacial score (nSPS) is 12.1. The van der Waals surface area contributed by atoms with Crippen LogP contribution in [0.5, 0.6) is 0 Å². The fourth-order valence-electron chi connectivity index (χ4n) is 3.42. The maximum atomic E-state index is 12.5. The average Bonchev–Trinajstić information content (AvgIpc) is 3.05. The largest absolute Gasteiger partial charge is 0.480 e. The number of amides is 3. The molecule has 0 saturated heterocycles. The number of carboxylic acids is 1. The number of benzene rings is 1. The number of nitrogens with two attached hydrogens (primary N) is 1. The fourth-order valence-corrected chi connectivity index (χ4v) is 3.42. The summed E-state index contributed by atoms with van der Waals surface area (Å²) in [5, 5.41) is 15.6. The van der Waals surface area contributed by atoms with Crippen LogP contribution in [0.1, 0.15) is 29.5 Å². The van der Waals surface area contributed by atoms with Crippen molar-refractivity contribution in [3.8, 4) is 0 Å². The number of fused-ring (bicyclic) bond motifs is 2. The third kappa shape index (κ3) is 4.85. The summed E-state index contributed by atoms with van der Waals surface area (Å²) in [6.45, 7) is 3.79. The van der Waals surface area contributed by atoms with E-state index in [-0.39, 0.29) is 24.9 Å². The summed E-state index contributed by atoms with van der Waals surface area (Å²) in [6, 6.07) is 1.60. The minimum atomic E-state index is -1.22. The number of carboxylic acid groups (broad SMARTS) is 1. The molecule has 3 aromatic rings. The van der Waals surface area contributed by atoms with Crippen LogP contribution in [-0.2, 0) is 16.0 Å². The second kappa shape index (κ2) is 8.90.